The first-order valence-electron chi connectivity index (χ1n) is 11.3. The van der Waals surface area contributed by atoms with E-state index in [9.17, 15) is 14.4 Å². The Kier molecular flexibility index (Phi) is 3.29. The molecule has 6 aliphatic carbocycles. The van der Waals surface area contributed by atoms with Crippen LogP contribution < -0.4 is 0 Å². The quantitative estimate of drug-likeness (QED) is 0.542. The van der Waals surface area contributed by atoms with Gasteiger partial charge in [0, 0.05) is 22.6 Å². The van der Waals surface area contributed by atoms with Crippen LogP contribution in [0.1, 0.15) is 46.7 Å². The molecule has 31 heavy (non-hydrogen) atoms. The summed E-state index contributed by atoms with van der Waals surface area (Å²) in [5.41, 5.74) is 2.74. The van der Waals surface area contributed by atoms with Gasteiger partial charge in [0.1, 0.15) is 0 Å². The molecule has 0 saturated heterocycles. The van der Waals surface area contributed by atoms with Crippen LogP contribution in [-0.2, 0) is 15.0 Å². The van der Waals surface area contributed by atoms with Gasteiger partial charge in [0.05, 0.1) is 5.41 Å². The molecule has 0 unspecified atom stereocenters. The number of Topliss-reactive ketones (excluding diaryl/α,β-unsaturated/α-hetero) is 1. The molecule has 4 bridgehead atoms. The van der Waals surface area contributed by atoms with Gasteiger partial charge in [0.25, 0.3) is 0 Å². The lowest BCUT2D eigenvalue weighted by Crippen LogP contribution is -2.60. The third kappa shape index (κ3) is 1.90. The predicted molar refractivity (Wildman–Crippen MR) is 116 cm³/mol. The van der Waals surface area contributed by atoms with E-state index in [0.717, 1.165) is 24.0 Å². The molecule has 3 nitrogen and oxygen atoms in total. The second-order valence-electron chi connectivity index (χ2n) is 9.85. The highest BCUT2D eigenvalue weighted by molar-refractivity contribution is 6.27. The average molecular weight is 406 g/mol. The minimum atomic E-state index is -1.05. The highest BCUT2D eigenvalue weighted by Crippen LogP contribution is 2.72. The zero-order chi connectivity index (χ0) is 20.9. The number of benzene rings is 2. The summed E-state index contributed by atoms with van der Waals surface area (Å²) in [5.74, 6) is 1.02. The lowest BCUT2D eigenvalue weighted by molar-refractivity contribution is -0.117. The number of allylic oxidation sites excluding steroid dienone is 4. The highest BCUT2D eigenvalue weighted by atomic mass is 16.1. The maximum Gasteiger partial charge on any atom is 0.183 e. The van der Waals surface area contributed by atoms with Crippen LogP contribution in [0.4, 0.5) is 0 Å². The van der Waals surface area contributed by atoms with Crippen LogP contribution in [0, 0.1) is 23.7 Å². The van der Waals surface area contributed by atoms with Gasteiger partial charge >= 0.3 is 0 Å². The Morgan fingerprint density at radius 3 is 2.39 bits per heavy atom. The smallest absolute Gasteiger partial charge is 0.183 e. The van der Waals surface area contributed by atoms with E-state index in [0.29, 0.717) is 28.5 Å². The monoisotopic (exact) mass is 406 g/mol. The van der Waals surface area contributed by atoms with E-state index in [-0.39, 0.29) is 35.1 Å². The van der Waals surface area contributed by atoms with Gasteiger partial charge in [-0.3, -0.25) is 14.4 Å². The molecule has 0 radical (unpaired) electrons. The van der Waals surface area contributed by atoms with Crippen molar-refractivity contribution in [2.75, 3.05) is 0 Å². The number of carbonyl (C=O) groups excluding carboxylic acids is 3. The Morgan fingerprint density at radius 1 is 0.839 bits per heavy atom. The van der Waals surface area contributed by atoms with Crippen molar-refractivity contribution < 1.29 is 14.4 Å². The molecule has 2 aromatic rings. The number of carbonyl (C=O) groups is 3. The van der Waals surface area contributed by atoms with Crippen LogP contribution in [0.5, 0.6) is 0 Å². The Bertz CT molecular complexity index is 1250. The highest BCUT2D eigenvalue weighted by Gasteiger charge is 2.71. The van der Waals surface area contributed by atoms with E-state index in [1.165, 1.54) is 18.6 Å². The number of ketones is 3. The molecule has 3 heteroatoms. The zero-order valence-corrected chi connectivity index (χ0v) is 17.1. The fraction of sp³-hybridized carbons (Fsp3) is 0.321. The van der Waals surface area contributed by atoms with Crippen LogP contribution in [0.2, 0.25) is 0 Å². The first-order valence-corrected chi connectivity index (χ1v) is 11.3. The Labute approximate surface area is 180 Å². The van der Waals surface area contributed by atoms with Crippen LogP contribution >= 0.6 is 0 Å². The Morgan fingerprint density at radius 2 is 1.55 bits per heavy atom. The second-order valence-corrected chi connectivity index (χ2v) is 9.85. The largest absolute Gasteiger partial charge is 0.293 e. The molecule has 0 heterocycles. The van der Waals surface area contributed by atoms with Gasteiger partial charge in [-0.25, -0.2) is 0 Å². The molecule has 6 atom stereocenters. The Balaban J connectivity index is 1.63. The SMILES string of the molecule is O=C1C=CC(=O)C2=C1[C@@H]1c3ccccc3[C@@]2(C(=O)c2ccccc2)[C@H]2[C@@H]3CC[C@@H](C3)[C@H]21. The van der Waals surface area contributed by atoms with Crippen molar-refractivity contribution in [1.82, 2.24) is 0 Å². The molecule has 0 N–H and O–H groups in total. The molecule has 0 aromatic heterocycles. The van der Waals surface area contributed by atoms with Gasteiger partial charge in [-0.1, -0.05) is 54.6 Å². The summed E-state index contributed by atoms with van der Waals surface area (Å²) in [7, 11) is 0. The number of fused-ring (bicyclic) bond motifs is 2. The van der Waals surface area contributed by atoms with Crippen molar-refractivity contribution in [1.29, 1.82) is 0 Å². The van der Waals surface area contributed by atoms with Gasteiger partial charge in [-0.05, 0) is 66.2 Å². The van der Waals surface area contributed by atoms with Crippen LogP contribution in [0.15, 0.2) is 77.9 Å². The lowest BCUT2D eigenvalue weighted by atomic mass is 9.41. The van der Waals surface area contributed by atoms with E-state index in [4.69, 9.17) is 0 Å². The minimum Gasteiger partial charge on any atom is -0.293 e. The number of hydrogen-bond donors (Lipinski definition) is 0. The predicted octanol–water partition coefficient (Wildman–Crippen LogP) is 4.59. The maximum atomic E-state index is 14.5. The standard InChI is InChI=1S/C28H22O3/c29-20-12-13-21(30)26-24(20)23-18-8-4-5-9-19(18)28(26,27(31)15-6-2-1-3-7-15)25-17-11-10-16(14-17)22(23)25/h1-9,12-13,16-17,22-23,25H,10-11,14H2/t16-,17+,22-,23+,25-,28+/m0/s1. The second kappa shape index (κ2) is 5.79. The summed E-state index contributed by atoms with van der Waals surface area (Å²) in [6.07, 6.45) is 6.21. The van der Waals surface area contributed by atoms with E-state index >= 15 is 0 Å². The van der Waals surface area contributed by atoms with Crippen LogP contribution in [0.3, 0.4) is 0 Å². The lowest BCUT2D eigenvalue weighted by Gasteiger charge is -2.59. The van der Waals surface area contributed by atoms with E-state index < -0.39 is 5.41 Å². The zero-order valence-electron chi connectivity index (χ0n) is 17.1. The molecule has 152 valence electrons. The molecule has 2 aromatic carbocycles. The third-order valence-electron chi connectivity index (χ3n) is 8.85. The number of hydrogen-bond acceptors (Lipinski definition) is 3. The first kappa shape index (κ1) is 17.6. The van der Waals surface area contributed by atoms with Crippen LogP contribution in [0.25, 0.3) is 0 Å². The third-order valence-corrected chi connectivity index (χ3v) is 8.85. The van der Waals surface area contributed by atoms with E-state index in [2.05, 4.69) is 6.07 Å². The van der Waals surface area contributed by atoms with E-state index in [1.54, 1.807) is 0 Å². The molecule has 0 aliphatic heterocycles. The fourth-order valence-corrected chi connectivity index (χ4v) is 8.12. The maximum absolute atomic E-state index is 14.5. The van der Waals surface area contributed by atoms with Gasteiger partial charge in [0.2, 0.25) is 0 Å². The van der Waals surface area contributed by atoms with Crippen molar-refractivity contribution in [3.05, 3.63) is 94.6 Å². The molecule has 6 aliphatic rings. The van der Waals surface area contributed by atoms with Crippen molar-refractivity contribution in [2.45, 2.75) is 30.6 Å². The van der Waals surface area contributed by atoms with Crippen molar-refractivity contribution in [3.63, 3.8) is 0 Å². The first-order chi connectivity index (χ1) is 15.1. The minimum absolute atomic E-state index is 0.00907. The van der Waals surface area contributed by atoms with Crippen LogP contribution in [-0.4, -0.2) is 17.3 Å². The van der Waals surface area contributed by atoms with Gasteiger partial charge < -0.3 is 0 Å². The number of rotatable bonds is 2. The van der Waals surface area contributed by atoms with Gasteiger partial charge in [-0.2, -0.15) is 0 Å². The van der Waals surface area contributed by atoms with E-state index in [1.807, 2.05) is 48.5 Å². The average Bonchev–Trinajstić information content (AvgIpc) is 3.44. The molecule has 2 saturated carbocycles. The fourth-order valence-electron chi connectivity index (χ4n) is 8.12. The summed E-state index contributed by atoms with van der Waals surface area (Å²) < 4.78 is 0. The molecule has 8 rings (SSSR count). The molecular formula is C28H22O3. The normalized spacial score (nSPS) is 36.5. The van der Waals surface area contributed by atoms with Gasteiger partial charge in [-0.15, -0.1) is 0 Å². The van der Waals surface area contributed by atoms with Crippen molar-refractivity contribution in [2.24, 2.45) is 23.7 Å². The topological polar surface area (TPSA) is 51.2 Å². The molecular weight excluding hydrogens is 384 g/mol. The summed E-state index contributed by atoms with van der Waals surface area (Å²) in [4.78, 5) is 41.3. The summed E-state index contributed by atoms with van der Waals surface area (Å²) in [5, 5.41) is 0. The Hall–Kier alpha value is -3.07. The molecule has 0 spiro atoms. The molecule has 0 amide bonds. The van der Waals surface area contributed by atoms with Crippen molar-refractivity contribution in [3.8, 4) is 0 Å². The summed E-state index contributed by atoms with van der Waals surface area (Å²) >= 11 is 0. The summed E-state index contributed by atoms with van der Waals surface area (Å²) in [6.45, 7) is 0. The summed E-state index contributed by atoms with van der Waals surface area (Å²) in [6, 6.07) is 17.5. The molecule has 2 fully saturated rings. The van der Waals surface area contributed by atoms with Gasteiger partial charge in [0.15, 0.2) is 17.3 Å². The van der Waals surface area contributed by atoms with Crippen molar-refractivity contribution >= 4 is 17.3 Å².